The summed E-state index contributed by atoms with van der Waals surface area (Å²) >= 11 is 0. The second-order valence-corrected chi connectivity index (χ2v) is 9.48. The van der Waals surface area contributed by atoms with E-state index >= 15 is 0 Å². The molecular weight excluding hydrogens is 462 g/mol. The smallest absolute Gasteiger partial charge is 0.253 e. The van der Waals surface area contributed by atoms with Crippen molar-refractivity contribution in [2.24, 2.45) is 0 Å². The van der Waals surface area contributed by atoms with E-state index in [1.54, 1.807) is 48.5 Å². The number of rotatable bonds is 9. The highest BCUT2D eigenvalue weighted by Crippen LogP contribution is 2.36. The van der Waals surface area contributed by atoms with Crippen LogP contribution in [0.25, 0.3) is 0 Å². The molecule has 2 N–H and O–H groups in total. The highest BCUT2D eigenvalue weighted by molar-refractivity contribution is 7.92. The summed E-state index contributed by atoms with van der Waals surface area (Å²) in [7, 11) is -3.79. The molecule has 0 saturated carbocycles. The summed E-state index contributed by atoms with van der Waals surface area (Å²) in [6.45, 7) is 1.23. The molecule has 1 aliphatic heterocycles. The molecule has 10 nitrogen and oxygen atoms in total. The third-order valence-electron chi connectivity index (χ3n) is 5.08. The quantitative estimate of drug-likeness (QED) is 0.477. The molecule has 0 spiro atoms. The lowest BCUT2D eigenvalue weighted by atomic mass is 10.1. The van der Waals surface area contributed by atoms with Gasteiger partial charge in [0.15, 0.2) is 11.5 Å². The summed E-state index contributed by atoms with van der Waals surface area (Å²) < 4.78 is 42.3. The van der Waals surface area contributed by atoms with E-state index < -0.39 is 28.4 Å². The number of nitrogens with zero attached hydrogens (tertiary/aromatic N) is 1. The molecule has 0 saturated heterocycles. The van der Waals surface area contributed by atoms with Crippen molar-refractivity contribution >= 4 is 33.2 Å². The first kappa shape index (κ1) is 23.2. The maximum atomic E-state index is 12.9. The van der Waals surface area contributed by atoms with Crippen LogP contribution < -0.4 is 24.4 Å². The summed E-state index contributed by atoms with van der Waals surface area (Å²) in [5.74, 6) is 0.242. The van der Waals surface area contributed by atoms with Crippen molar-refractivity contribution in [3.05, 3.63) is 72.2 Å². The van der Waals surface area contributed by atoms with Gasteiger partial charge in [-0.2, -0.15) is 0 Å². The van der Waals surface area contributed by atoms with E-state index in [9.17, 15) is 18.0 Å². The number of hydrogen-bond donors (Lipinski definition) is 2. The highest BCUT2D eigenvalue weighted by atomic mass is 32.2. The molecule has 2 heterocycles. The van der Waals surface area contributed by atoms with E-state index in [0.29, 0.717) is 17.3 Å². The molecule has 0 aliphatic carbocycles. The Morgan fingerprint density at radius 1 is 1.03 bits per heavy atom. The zero-order valence-corrected chi connectivity index (χ0v) is 19.1. The molecule has 1 aromatic heterocycles. The Kier molecular flexibility index (Phi) is 6.73. The van der Waals surface area contributed by atoms with E-state index in [2.05, 4.69) is 10.6 Å². The van der Waals surface area contributed by atoms with E-state index in [-0.39, 0.29) is 36.0 Å². The Hall–Kier alpha value is -3.99. The number of hydrogen-bond acceptors (Lipinski definition) is 7. The van der Waals surface area contributed by atoms with Crippen molar-refractivity contribution in [1.29, 1.82) is 0 Å². The van der Waals surface area contributed by atoms with Crippen molar-refractivity contribution in [3.8, 4) is 11.5 Å². The maximum Gasteiger partial charge on any atom is 0.253 e. The van der Waals surface area contributed by atoms with Crippen molar-refractivity contribution in [3.63, 3.8) is 0 Å². The fourth-order valence-corrected chi connectivity index (χ4v) is 4.39. The molecule has 3 aromatic rings. The average Bonchev–Trinajstić information content (AvgIpc) is 3.52. The van der Waals surface area contributed by atoms with Crippen LogP contribution in [0, 0.1) is 0 Å². The number of anilines is 2. The summed E-state index contributed by atoms with van der Waals surface area (Å²) in [5, 5.41) is 5.37. The van der Waals surface area contributed by atoms with Gasteiger partial charge in [0.05, 0.1) is 35.5 Å². The standard InChI is InChI=1S/C23H23N3O7S/c1-2-34(29,30)26(16-9-10-20-21(12-16)33-15-32-20)14-22(27)25-19-8-4-3-7-18(19)23(28)24-13-17-6-5-11-31-17/h3-12H,2,13-15H2,1H3,(H,24,28)(H,25,27). The van der Waals surface area contributed by atoms with Crippen molar-refractivity contribution in [1.82, 2.24) is 5.32 Å². The number of benzene rings is 2. The van der Waals surface area contributed by atoms with Gasteiger partial charge in [-0.3, -0.25) is 13.9 Å². The molecule has 0 unspecified atom stereocenters. The molecule has 11 heteroatoms. The van der Waals surface area contributed by atoms with Crippen LogP contribution in [0.5, 0.6) is 11.5 Å². The number of carbonyl (C=O) groups is 2. The van der Waals surface area contributed by atoms with Crippen LogP contribution in [0.2, 0.25) is 0 Å². The Balaban J connectivity index is 1.50. The van der Waals surface area contributed by atoms with Gasteiger partial charge in [-0.15, -0.1) is 0 Å². The van der Waals surface area contributed by atoms with Gasteiger partial charge in [0.1, 0.15) is 12.3 Å². The van der Waals surface area contributed by atoms with Crippen LogP contribution in [0.15, 0.2) is 65.3 Å². The Labute approximate surface area is 196 Å². The molecule has 0 bridgehead atoms. The molecule has 4 rings (SSSR count). The maximum absolute atomic E-state index is 12.9. The number of fused-ring (bicyclic) bond motifs is 1. The Morgan fingerprint density at radius 2 is 1.82 bits per heavy atom. The molecule has 0 fully saturated rings. The van der Waals surface area contributed by atoms with Crippen molar-refractivity contribution in [2.75, 3.05) is 28.7 Å². The number of para-hydroxylation sites is 1. The summed E-state index contributed by atoms with van der Waals surface area (Å²) in [4.78, 5) is 25.6. The first-order valence-corrected chi connectivity index (χ1v) is 12.1. The van der Waals surface area contributed by atoms with Gasteiger partial charge in [-0.1, -0.05) is 12.1 Å². The fraction of sp³-hybridized carbons (Fsp3) is 0.217. The third kappa shape index (κ3) is 5.15. The predicted octanol–water partition coefficient (Wildman–Crippen LogP) is 2.73. The molecule has 178 valence electrons. The summed E-state index contributed by atoms with van der Waals surface area (Å²) in [5.41, 5.74) is 0.755. The van der Waals surface area contributed by atoms with Gasteiger partial charge in [-0.25, -0.2) is 8.42 Å². The summed E-state index contributed by atoms with van der Waals surface area (Å²) in [6, 6.07) is 14.5. The second kappa shape index (κ2) is 9.87. The SMILES string of the molecule is CCS(=O)(=O)N(CC(=O)Nc1ccccc1C(=O)NCc1ccco1)c1ccc2c(c1)OCO2. The minimum Gasteiger partial charge on any atom is -0.467 e. The van der Waals surface area contributed by atoms with Crippen LogP contribution in [0.3, 0.4) is 0 Å². The molecule has 0 atom stereocenters. The molecule has 1 aliphatic rings. The van der Waals surface area contributed by atoms with Crippen LogP contribution in [0.4, 0.5) is 11.4 Å². The minimum atomic E-state index is -3.79. The van der Waals surface area contributed by atoms with Gasteiger partial charge in [0.2, 0.25) is 22.7 Å². The van der Waals surface area contributed by atoms with Crippen LogP contribution in [-0.2, 0) is 21.4 Å². The van der Waals surface area contributed by atoms with Gasteiger partial charge in [0, 0.05) is 6.07 Å². The highest BCUT2D eigenvalue weighted by Gasteiger charge is 2.26. The van der Waals surface area contributed by atoms with E-state index in [0.717, 1.165) is 4.31 Å². The Morgan fingerprint density at radius 3 is 2.59 bits per heavy atom. The van der Waals surface area contributed by atoms with Crippen LogP contribution in [-0.4, -0.2) is 39.3 Å². The zero-order chi connectivity index (χ0) is 24.1. The number of sulfonamides is 1. The topological polar surface area (TPSA) is 127 Å². The number of furan rings is 1. The lowest BCUT2D eigenvalue weighted by Crippen LogP contribution is -2.39. The van der Waals surface area contributed by atoms with Gasteiger partial charge in [0.25, 0.3) is 5.91 Å². The van der Waals surface area contributed by atoms with Gasteiger partial charge < -0.3 is 24.5 Å². The molecule has 0 radical (unpaired) electrons. The predicted molar refractivity (Wildman–Crippen MR) is 124 cm³/mol. The first-order chi connectivity index (χ1) is 16.4. The third-order valence-corrected chi connectivity index (χ3v) is 6.82. The molecule has 34 heavy (non-hydrogen) atoms. The van der Waals surface area contributed by atoms with Gasteiger partial charge in [-0.05, 0) is 43.3 Å². The van der Waals surface area contributed by atoms with Crippen LogP contribution in [0.1, 0.15) is 23.0 Å². The molecular formula is C23H23N3O7S. The zero-order valence-electron chi connectivity index (χ0n) is 18.3. The van der Waals surface area contributed by atoms with Gasteiger partial charge >= 0.3 is 0 Å². The van der Waals surface area contributed by atoms with Crippen LogP contribution >= 0.6 is 0 Å². The minimum absolute atomic E-state index is 0.0402. The van der Waals surface area contributed by atoms with E-state index in [1.165, 1.54) is 19.3 Å². The van der Waals surface area contributed by atoms with Crippen molar-refractivity contribution < 1.29 is 31.9 Å². The number of ether oxygens (including phenoxy) is 2. The number of carbonyl (C=O) groups excluding carboxylic acids is 2. The summed E-state index contributed by atoms with van der Waals surface area (Å²) in [6.07, 6.45) is 1.51. The van der Waals surface area contributed by atoms with Crippen molar-refractivity contribution in [2.45, 2.75) is 13.5 Å². The Bertz CT molecular complexity index is 1290. The first-order valence-electron chi connectivity index (χ1n) is 10.5. The lowest BCUT2D eigenvalue weighted by Gasteiger charge is -2.23. The lowest BCUT2D eigenvalue weighted by molar-refractivity contribution is -0.114. The number of amides is 2. The average molecular weight is 486 g/mol. The molecule has 2 aromatic carbocycles. The molecule has 2 amide bonds. The monoisotopic (exact) mass is 485 g/mol. The second-order valence-electron chi connectivity index (χ2n) is 7.30. The van der Waals surface area contributed by atoms with E-state index in [4.69, 9.17) is 13.9 Å². The normalized spacial score (nSPS) is 12.3. The largest absolute Gasteiger partial charge is 0.467 e. The number of nitrogens with one attached hydrogen (secondary N) is 2. The van der Waals surface area contributed by atoms with E-state index in [1.807, 2.05) is 0 Å². The fourth-order valence-electron chi connectivity index (χ4n) is 3.33.